The Bertz CT molecular complexity index is 805. The summed E-state index contributed by atoms with van der Waals surface area (Å²) >= 11 is 8.35. The fourth-order valence-corrected chi connectivity index (χ4v) is 4.19. The molecular formula is C14H11ClF3N3O2S2. The van der Waals surface area contributed by atoms with Gasteiger partial charge in [0.15, 0.2) is 5.13 Å². The van der Waals surface area contributed by atoms with E-state index < -0.39 is 30.0 Å². The highest BCUT2D eigenvalue weighted by molar-refractivity contribution is 7.20. The molecule has 0 aromatic carbocycles. The number of rotatable bonds is 3. The Labute approximate surface area is 153 Å². The molecule has 3 rings (SSSR count). The largest absolute Gasteiger partial charge is 0.408 e. The molecule has 0 unspecified atom stereocenters. The smallest absolute Gasteiger partial charge is 0.344 e. The molecule has 11 heteroatoms. The molecule has 2 amide bonds. The van der Waals surface area contributed by atoms with E-state index in [4.69, 9.17) is 11.6 Å². The average molecular weight is 410 g/mol. The first-order chi connectivity index (χ1) is 11.7. The standard InChI is InChI=1S/C14H11ClF3N3O2S2/c15-10-4-2-8(25-10)7-5-24-13(19-7)21-12(23)6-1-3-9(14(16,17)18)20-11(6)22/h2,4-6,9H,1,3H2,(H,20,22)(H,19,21,23)/t6-,9-/m0/s1. The average Bonchev–Trinajstić information content (AvgIpc) is 3.15. The lowest BCUT2D eigenvalue weighted by atomic mass is 9.93. The number of carbonyl (C=O) groups is 2. The lowest BCUT2D eigenvalue weighted by Crippen LogP contribution is -2.53. The molecule has 0 spiro atoms. The summed E-state index contributed by atoms with van der Waals surface area (Å²) in [6, 6.07) is 1.61. The van der Waals surface area contributed by atoms with Crippen molar-refractivity contribution in [3.8, 4) is 10.6 Å². The van der Waals surface area contributed by atoms with Gasteiger partial charge in [-0.25, -0.2) is 4.98 Å². The van der Waals surface area contributed by atoms with Crippen LogP contribution < -0.4 is 10.6 Å². The van der Waals surface area contributed by atoms with Gasteiger partial charge in [-0.05, 0) is 25.0 Å². The highest BCUT2D eigenvalue weighted by Gasteiger charge is 2.45. The number of thiazole rings is 1. The molecule has 2 atom stereocenters. The van der Waals surface area contributed by atoms with Gasteiger partial charge in [-0.2, -0.15) is 13.2 Å². The minimum Gasteiger partial charge on any atom is -0.344 e. The molecule has 0 aliphatic carbocycles. The normalized spacial score (nSPS) is 21.0. The summed E-state index contributed by atoms with van der Waals surface area (Å²) in [6.07, 6.45) is -5.01. The minimum atomic E-state index is -4.51. The number of anilines is 1. The number of halogens is 4. The number of hydrogen-bond donors (Lipinski definition) is 2. The number of amides is 2. The van der Waals surface area contributed by atoms with Crippen LogP contribution in [0.2, 0.25) is 4.34 Å². The number of thiophene rings is 1. The van der Waals surface area contributed by atoms with Crippen molar-refractivity contribution in [2.24, 2.45) is 5.92 Å². The summed E-state index contributed by atoms with van der Waals surface area (Å²) in [4.78, 5) is 29.0. The van der Waals surface area contributed by atoms with E-state index in [1.807, 2.05) is 5.32 Å². The van der Waals surface area contributed by atoms with Crippen LogP contribution in [-0.4, -0.2) is 29.0 Å². The number of aromatic nitrogens is 1. The van der Waals surface area contributed by atoms with E-state index >= 15 is 0 Å². The molecule has 3 heterocycles. The third-order valence-electron chi connectivity index (χ3n) is 3.65. The van der Waals surface area contributed by atoms with E-state index in [9.17, 15) is 22.8 Å². The molecule has 0 radical (unpaired) electrons. The molecule has 2 aromatic heterocycles. The second-order valence-corrected chi connectivity index (χ2v) is 7.94. The zero-order chi connectivity index (χ0) is 18.2. The number of nitrogens with one attached hydrogen (secondary N) is 2. The van der Waals surface area contributed by atoms with Crippen molar-refractivity contribution >= 4 is 51.2 Å². The summed E-state index contributed by atoms with van der Waals surface area (Å²) < 4.78 is 38.5. The van der Waals surface area contributed by atoms with Crippen LogP contribution in [0.4, 0.5) is 18.3 Å². The summed E-state index contributed by atoms with van der Waals surface area (Å²) in [7, 11) is 0. The Morgan fingerprint density at radius 1 is 1.36 bits per heavy atom. The van der Waals surface area contributed by atoms with E-state index in [2.05, 4.69) is 10.3 Å². The van der Waals surface area contributed by atoms with E-state index in [1.54, 1.807) is 17.5 Å². The van der Waals surface area contributed by atoms with Crippen molar-refractivity contribution in [2.45, 2.75) is 25.1 Å². The van der Waals surface area contributed by atoms with Crippen LogP contribution in [0, 0.1) is 5.92 Å². The Morgan fingerprint density at radius 2 is 2.12 bits per heavy atom. The van der Waals surface area contributed by atoms with E-state index in [-0.39, 0.29) is 18.0 Å². The Hall–Kier alpha value is -1.65. The van der Waals surface area contributed by atoms with Crippen molar-refractivity contribution in [3.05, 3.63) is 21.8 Å². The molecule has 0 bridgehead atoms. The lowest BCUT2D eigenvalue weighted by Gasteiger charge is -2.29. The monoisotopic (exact) mass is 409 g/mol. The van der Waals surface area contributed by atoms with Crippen LogP contribution in [0.3, 0.4) is 0 Å². The first-order valence-electron chi connectivity index (χ1n) is 7.13. The molecule has 1 aliphatic heterocycles. The van der Waals surface area contributed by atoms with Gasteiger partial charge in [-0.3, -0.25) is 9.59 Å². The highest BCUT2D eigenvalue weighted by Crippen LogP contribution is 2.33. The van der Waals surface area contributed by atoms with Crippen molar-refractivity contribution in [2.75, 3.05) is 5.32 Å². The number of carbonyl (C=O) groups excluding carboxylic acids is 2. The third-order valence-corrected chi connectivity index (χ3v) is 5.66. The molecule has 5 nitrogen and oxygen atoms in total. The van der Waals surface area contributed by atoms with Crippen LogP contribution in [0.1, 0.15) is 12.8 Å². The van der Waals surface area contributed by atoms with Gasteiger partial charge in [-0.15, -0.1) is 22.7 Å². The van der Waals surface area contributed by atoms with Crippen LogP contribution in [0.5, 0.6) is 0 Å². The zero-order valence-corrected chi connectivity index (χ0v) is 14.8. The molecule has 1 saturated heterocycles. The molecule has 25 heavy (non-hydrogen) atoms. The van der Waals surface area contributed by atoms with Gasteiger partial charge in [0.05, 0.1) is 14.9 Å². The zero-order valence-electron chi connectivity index (χ0n) is 12.4. The molecule has 134 valence electrons. The van der Waals surface area contributed by atoms with Gasteiger partial charge in [-0.1, -0.05) is 11.6 Å². The molecular weight excluding hydrogens is 399 g/mol. The van der Waals surface area contributed by atoms with Gasteiger partial charge < -0.3 is 10.6 Å². The summed E-state index contributed by atoms with van der Waals surface area (Å²) in [5, 5.41) is 6.34. The van der Waals surface area contributed by atoms with Crippen molar-refractivity contribution < 1.29 is 22.8 Å². The van der Waals surface area contributed by atoms with Gasteiger partial charge in [0.1, 0.15) is 12.0 Å². The highest BCUT2D eigenvalue weighted by atomic mass is 35.5. The van der Waals surface area contributed by atoms with Crippen LogP contribution in [0.25, 0.3) is 10.6 Å². The summed E-state index contributed by atoms with van der Waals surface area (Å²) in [6.45, 7) is 0. The van der Waals surface area contributed by atoms with Gasteiger partial charge in [0.2, 0.25) is 11.8 Å². The Morgan fingerprint density at radius 3 is 2.72 bits per heavy atom. The first kappa shape index (κ1) is 18.2. The summed E-state index contributed by atoms with van der Waals surface area (Å²) in [5.74, 6) is -2.75. The maximum atomic E-state index is 12.6. The van der Waals surface area contributed by atoms with Crippen LogP contribution >= 0.6 is 34.3 Å². The van der Waals surface area contributed by atoms with Crippen molar-refractivity contribution in [3.63, 3.8) is 0 Å². The second-order valence-electron chi connectivity index (χ2n) is 5.36. The number of piperidine rings is 1. The molecule has 2 N–H and O–H groups in total. The molecule has 1 aliphatic rings. The Balaban J connectivity index is 1.63. The van der Waals surface area contributed by atoms with Crippen LogP contribution in [-0.2, 0) is 9.59 Å². The van der Waals surface area contributed by atoms with Gasteiger partial charge in [0.25, 0.3) is 0 Å². The fourth-order valence-electron chi connectivity index (χ4n) is 2.39. The second kappa shape index (κ2) is 6.93. The van der Waals surface area contributed by atoms with Crippen molar-refractivity contribution in [1.82, 2.24) is 10.3 Å². The van der Waals surface area contributed by atoms with Crippen molar-refractivity contribution in [1.29, 1.82) is 0 Å². The lowest BCUT2D eigenvalue weighted by molar-refractivity contribution is -0.170. The molecule has 2 aromatic rings. The van der Waals surface area contributed by atoms with Crippen LogP contribution in [0.15, 0.2) is 17.5 Å². The topological polar surface area (TPSA) is 71.1 Å². The quantitative estimate of drug-likeness (QED) is 0.755. The predicted octanol–water partition coefficient (Wildman–Crippen LogP) is 3.92. The first-order valence-corrected chi connectivity index (χ1v) is 9.20. The molecule has 0 saturated carbocycles. The van der Waals surface area contributed by atoms with Gasteiger partial charge >= 0.3 is 6.18 Å². The number of alkyl halides is 3. The van der Waals surface area contributed by atoms with Gasteiger partial charge in [0, 0.05) is 5.38 Å². The fraction of sp³-hybridized carbons (Fsp3) is 0.357. The maximum Gasteiger partial charge on any atom is 0.408 e. The Kier molecular flexibility index (Phi) is 5.03. The van der Waals surface area contributed by atoms with E-state index in [1.165, 1.54) is 11.3 Å². The number of nitrogens with zero attached hydrogens (tertiary/aromatic N) is 1. The number of hydrogen-bond acceptors (Lipinski definition) is 5. The van der Waals surface area contributed by atoms with E-state index in [0.717, 1.165) is 16.2 Å². The third kappa shape index (κ3) is 4.13. The van der Waals surface area contributed by atoms with E-state index in [0.29, 0.717) is 10.0 Å². The summed E-state index contributed by atoms with van der Waals surface area (Å²) in [5.41, 5.74) is 0.627. The predicted molar refractivity (Wildman–Crippen MR) is 89.8 cm³/mol. The maximum absolute atomic E-state index is 12.6. The minimum absolute atomic E-state index is 0.166. The SMILES string of the molecule is O=C(Nc1nc(-c2ccc(Cl)s2)cs1)[C@H]1CC[C@@H](C(F)(F)F)NC1=O. The molecule has 1 fully saturated rings.